The minimum absolute atomic E-state index is 0.0372. The number of hydrogen-bond acceptors (Lipinski definition) is 3. The first-order valence-corrected chi connectivity index (χ1v) is 6.10. The highest BCUT2D eigenvalue weighted by atomic mass is 16.5. The molecule has 0 saturated carbocycles. The minimum atomic E-state index is -0.212. The zero-order valence-electron chi connectivity index (χ0n) is 10.8. The number of benzene rings is 1. The van der Waals surface area contributed by atoms with Crippen LogP contribution >= 0.6 is 0 Å². The topological polar surface area (TPSA) is 61.8 Å². The molecule has 0 radical (unpaired) electrons. The number of rotatable bonds is 6. The van der Waals surface area contributed by atoms with Gasteiger partial charge >= 0.3 is 6.03 Å². The third-order valence-corrected chi connectivity index (χ3v) is 2.46. The van der Waals surface area contributed by atoms with Crippen molar-refractivity contribution in [1.29, 1.82) is 0 Å². The zero-order valence-corrected chi connectivity index (χ0v) is 10.8. The highest BCUT2D eigenvalue weighted by molar-refractivity contribution is 5.89. The number of carbonyl (C=O) groups excluding carboxylic acids is 1. The molecule has 100 valence electrons. The summed E-state index contributed by atoms with van der Waals surface area (Å²) in [4.78, 5) is 13.4. The lowest BCUT2D eigenvalue weighted by Crippen LogP contribution is -2.36. The Morgan fingerprint density at radius 3 is 2.50 bits per heavy atom. The van der Waals surface area contributed by atoms with E-state index in [-0.39, 0.29) is 12.6 Å². The first-order valence-electron chi connectivity index (χ1n) is 6.10. The van der Waals surface area contributed by atoms with E-state index < -0.39 is 0 Å². The van der Waals surface area contributed by atoms with Crippen LogP contribution < -0.4 is 10.1 Å². The highest BCUT2D eigenvalue weighted by Crippen LogP contribution is 2.15. The van der Waals surface area contributed by atoms with Gasteiger partial charge < -0.3 is 20.1 Å². The number of aliphatic hydroxyl groups is 1. The summed E-state index contributed by atoms with van der Waals surface area (Å²) in [5, 5.41) is 11.6. The molecule has 0 heterocycles. The van der Waals surface area contributed by atoms with Gasteiger partial charge in [-0.05, 0) is 38.1 Å². The number of anilines is 1. The van der Waals surface area contributed by atoms with Crippen LogP contribution in [0, 0.1) is 0 Å². The number of hydrogen-bond donors (Lipinski definition) is 2. The molecule has 0 saturated heterocycles. The summed E-state index contributed by atoms with van der Waals surface area (Å²) in [5.74, 6) is 0.776. The van der Waals surface area contributed by atoms with Gasteiger partial charge in [-0.3, -0.25) is 0 Å². The summed E-state index contributed by atoms with van der Waals surface area (Å²) in [7, 11) is 0. The Labute approximate surface area is 107 Å². The molecular formula is C13H20N2O3. The molecule has 18 heavy (non-hydrogen) atoms. The largest absolute Gasteiger partial charge is 0.494 e. The predicted octanol–water partition coefficient (Wildman–Crippen LogP) is 1.93. The van der Waals surface area contributed by atoms with Crippen molar-refractivity contribution < 1.29 is 14.6 Å². The van der Waals surface area contributed by atoms with Gasteiger partial charge in [0, 0.05) is 18.8 Å². The SMILES string of the molecule is CCOc1ccc(NC(=O)N(CC)CCO)cc1. The summed E-state index contributed by atoms with van der Waals surface area (Å²) in [6, 6.07) is 6.98. The zero-order chi connectivity index (χ0) is 13.4. The maximum absolute atomic E-state index is 11.8. The lowest BCUT2D eigenvalue weighted by molar-refractivity contribution is 0.192. The van der Waals surface area contributed by atoms with Gasteiger partial charge in [-0.1, -0.05) is 0 Å². The van der Waals surface area contributed by atoms with Crippen LogP contribution in [0.5, 0.6) is 5.75 Å². The molecule has 0 spiro atoms. The van der Waals surface area contributed by atoms with Gasteiger partial charge in [-0.2, -0.15) is 0 Å². The molecule has 0 aliphatic rings. The molecule has 1 aromatic carbocycles. The summed E-state index contributed by atoms with van der Waals surface area (Å²) in [5.41, 5.74) is 0.708. The van der Waals surface area contributed by atoms with E-state index in [0.717, 1.165) is 5.75 Å². The second-order valence-electron chi connectivity index (χ2n) is 3.69. The summed E-state index contributed by atoms with van der Waals surface area (Å²) >= 11 is 0. The van der Waals surface area contributed by atoms with Crippen molar-refractivity contribution in [3.05, 3.63) is 24.3 Å². The molecule has 0 fully saturated rings. The number of ether oxygens (including phenoxy) is 1. The van der Waals surface area contributed by atoms with Gasteiger partial charge in [0.05, 0.1) is 13.2 Å². The van der Waals surface area contributed by atoms with Crippen molar-refractivity contribution in [2.45, 2.75) is 13.8 Å². The fourth-order valence-electron chi connectivity index (χ4n) is 1.53. The highest BCUT2D eigenvalue weighted by Gasteiger charge is 2.10. The summed E-state index contributed by atoms with van der Waals surface area (Å²) in [6.07, 6.45) is 0. The van der Waals surface area contributed by atoms with E-state index in [1.54, 1.807) is 24.3 Å². The number of amides is 2. The number of urea groups is 1. The van der Waals surface area contributed by atoms with Crippen LogP contribution in [0.15, 0.2) is 24.3 Å². The van der Waals surface area contributed by atoms with Crippen LogP contribution in [-0.2, 0) is 0 Å². The van der Waals surface area contributed by atoms with Gasteiger partial charge in [-0.15, -0.1) is 0 Å². The Balaban J connectivity index is 2.58. The van der Waals surface area contributed by atoms with Crippen LogP contribution in [0.25, 0.3) is 0 Å². The van der Waals surface area contributed by atoms with Gasteiger partial charge in [0.15, 0.2) is 0 Å². The van der Waals surface area contributed by atoms with Crippen molar-refractivity contribution in [3.8, 4) is 5.75 Å². The molecule has 2 N–H and O–H groups in total. The van der Waals surface area contributed by atoms with Crippen molar-refractivity contribution >= 4 is 11.7 Å². The van der Waals surface area contributed by atoms with Gasteiger partial charge in [0.2, 0.25) is 0 Å². The van der Waals surface area contributed by atoms with Crippen molar-refractivity contribution in [2.75, 3.05) is 31.6 Å². The summed E-state index contributed by atoms with van der Waals surface area (Å²) in [6.45, 7) is 5.26. The summed E-state index contributed by atoms with van der Waals surface area (Å²) < 4.78 is 5.32. The lowest BCUT2D eigenvalue weighted by Gasteiger charge is -2.20. The molecule has 1 aromatic rings. The predicted molar refractivity (Wildman–Crippen MR) is 71.0 cm³/mol. The molecule has 5 nitrogen and oxygen atoms in total. The van der Waals surface area contributed by atoms with E-state index in [1.165, 1.54) is 4.90 Å². The van der Waals surface area contributed by atoms with E-state index in [9.17, 15) is 4.79 Å². The van der Waals surface area contributed by atoms with E-state index >= 15 is 0 Å². The maximum Gasteiger partial charge on any atom is 0.321 e. The first kappa shape index (κ1) is 14.3. The Hall–Kier alpha value is -1.75. The van der Waals surface area contributed by atoms with Crippen LogP contribution in [-0.4, -0.2) is 42.3 Å². The van der Waals surface area contributed by atoms with Crippen molar-refractivity contribution in [2.24, 2.45) is 0 Å². The smallest absolute Gasteiger partial charge is 0.321 e. The molecule has 1 rings (SSSR count). The van der Waals surface area contributed by atoms with Gasteiger partial charge in [0.1, 0.15) is 5.75 Å². The lowest BCUT2D eigenvalue weighted by atomic mass is 10.3. The molecular weight excluding hydrogens is 232 g/mol. The Morgan fingerprint density at radius 2 is 2.00 bits per heavy atom. The normalized spacial score (nSPS) is 9.94. The molecule has 5 heteroatoms. The number of carbonyl (C=O) groups is 1. The van der Waals surface area contributed by atoms with Crippen LogP contribution in [0.2, 0.25) is 0 Å². The minimum Gasteiger partial charge on any atom is -0.494 e. The fraction of sp³-hybridized carbons (Fsp3) is 0.462. The second-order valence-corrected chi connectivity index (χ2v) is 3.69. The average molecular weight is 252 g/mol. The molecule has 0 aliphatic heterocycles. The molecule has 0 aromatic heterocycles. The van der Waals surface area contributed by atoms with E-state index in [0.29, 0.717) is 25.4 Å². The second kappa shape index (κ2) is 7.55. The van der Waals surface area contributed by atoms with E-state index in [4.69, 9.17) is 9.84 Å². The van der Waals surface area contributed by atoms with Gasteiger partial charge in [0.25, 0.3) is 0 Å². The quantitative estimate of drug-likeness (QED) is 0.813. The molecule has 2 amide bonds. The van der Waals surface area contributed by atoms with Crippen molar-refractivity contribution in [3.63, 3.8) is 0 Å². The molecule has 0 unspecified atom stereocenters. The molecule has 0 bridgehead atoms. The van der Waals surface area contributed by atoms with E-state index in [1.807, 2.05) is 13.8 Å². The fourth-order valence-corrected chi connectivity index (χ4v) is 1.53. The Kier molecular flexibility index (Phi) is 6.00. The third kappa shape index (κ3) is 4.25. The average Bonchev–Trinajstić information content (AvgIpc) is 2.38. The van der Waals surface area contributed by atoms with Crippen LogP contribution in [0.1, 0.15) is 13.8 Å². The third-order valence-electron chi connectivity index (χ3n) is 2.46. The first-order chi connectivity index (χ1) is 8.71. The molecule has 0 atom stereocenters. The molecule has 0 aliphatic carbocycles. The van der Waals surface area contributed by atoms with Crippen LogP contribution in [0.4, 0.5) is 10.5 Å². The van der Waals surface area contributed by atoms with E-state index in [2.05, 4.69) is 5.32 Å². The van der Waals surface area contributed by atoms with Crippen LogP contribution in [0.3, 0.4) is 0 Å². The number of aliphatic hydroxyl groups excluding tert-OH is 1. The Bertz CT molecular complexity index is 365. The number of likely N-dealkylation sites (N-methyl/N-ethyl adjacent to an activating group) is 1. The number of nitrogens with one attached hydrogen (secondary N) is 1. The number of nitrogens with zero attached hydrogens (tertiary/aromatic N) is 1. The standard InChI is InChI=1S/C13H20N2O3/c1-3-15(9-10-16)13(17)14-11-5-7-12(8-6-11)18-4-2/h5-8,16H,3-4,9-10H2,1-2H3,(H,14,17). The monoisotopic (exact) mass is 252 g/mol. The maximum atomic E-state index is 11.8. The van der Waals surface area contributed by atoms with Gasteiger partial charge in [-0.25, -0.2) is 4.79 Å². The van der Waals surface area contributed by atoms with Crippen molar-refractivity contribution in [1.82, 2.24) is 4.90 Å². The Morgan fingerprint density at radius 1 is 1.33 bits per heavy atom.